The van der Waals surface area contributed by atoms with Crippen LogP contribution >= 0.6 is 0 Å². The Morgan fingerprint density at radius 3 is 2.42 bits per heavy atom. The maximum Gasteiger partial charge on any atom is 0.0423 e. The summed E-state index contributed by atoms with van der Waals surface area (Å²) < 4.78 is 0. The average molecular weight is 254 g/mol. The van der Waals surface area contributed by atoms with Gasteiger partial charge in [-0.1, -0.05) is 43.3 Å². The summed E-state index contributed by atoms with van der Waals surface area (Å²) in [6.45, 7) is 7.24. The number of hydrogen-bond donors (Lipinski definition) is 1. The third-order valence-electron chi connectivity index (χ3n) is 3.37. The Bertz CT molecular complexity index is 520. The van der Waals surface area contributed by atoms with Gasteiger partial charge in [0, 0.05) is 17.4 Å². The number of pyridine rings is 1. The molecule has 1 unspecified atom stereocenters. The molecule has 100 valence electrons. The van der Waals surface area contributed by atoms with Crippen LogP contribution in [0.4, 0.5) is 0 Å². The molecule has 0 aliphatic carbocycles. The van der Waals surface area contributed by atoms with E-state index in [4.69, 9.17) is 0 Å². The molecule has 0 saturated heterocycles. The summed E-state index contributed by atoms with van der Waals surface area (Å²) in [4.78, 5) is 4.58. The molecule has 2 nitrogen and oxygen atoms in total. The van der Waals surface area contributed by atoms with E-state index in [2.05, 4.69) is 66.6 Å². The highest BCUT2D eigenvalue weighted by Gasteiger charge is 2.14. The third-order valence-corrected chi connectivity index (χ3v) is 3.37. The van der Waals surface area contributed by atoms with Crippen LogP contribution in [-0.2, 0) is 6.42 Å². The molecule has 2 rings (SSSR count). The van der Waals surface area contributed by atoms with Crippen LogP contribution in [0.2, 0.25) is 0 Å². The molecular formula is C17H22N2. The Hall–Kier alpha value is -1.67. The zero-order valence-corrected chi connectivity index (χ0v) is 12.0. The summed E-state index contributed by atoms with van der Waals surface area (Å²) in [6.07, 6.45) is 1.00. The van der Waals surface area contributed by atoms with Crippen molar-refractivity contribution in [3.8, 4) is 0 Å². The van der Waals surface area contributed by atoms with Gasteiger partial charge in [0.05, 0.1) is 0 Å². The quantitative estimate of drug-likeness (QED) is 0.882. The first-order chi connectivity index (χ1) is 9.20. The summed E-state index contributed by atoms with van der Waals surface area (Å²) in [6, 6.07) is 15.2. The SMILES string of the molecule is CCNC(Cc1ccccc1)c1ccc(C)nc1C. The molecule has 0 fully saturated rings. The van der Waals surface area contributed by atoms with E-state index >= 15 is 0 Å². The molecule has 2 heteroatoms. The highest BCUT2D eigenvalue weighted by molar-refractivity contribution is 5.28. The lowest BCUT2D eigenvalue weighted by Crippen LogP contribution is -2.24. The van der Waals surface area contributed by atoms with Gasteiger partial charge in [0.15, 0.2) is 0 Å². The van der Waals surface area contributed by atoms with Gasteiger partial charge < -0.3 is 5.32 Å². The summed E-state index contributed by atoms with van der Waals surface area (Å²) in [5.41, 5.74) is 4.86. The second kappa shape index (κ2) is 6.48. The number of aryl methyl sites for hydroxylation is 2. The number of hydrogen-bond acceptors (Lipinski definition) is 2. The fourth-order valence-electron chi connectivity index (χ4n) is 2.45. The van der Waals surface area contributed by atoms with E-state index in [0.29, 0.717) is 6.04 Å². The maximum atomic E-state index is 4.58. The van der Waals surface area contributed by atoms with E-state index in [1.165, 1.54) is 11.1 Å². The normalized spacial score (nSPS) is 12.4. The highest BCUT2D eigenvalue weighted by atomic mass is 14.9. The number of aromatic nitrogens is 1. The predicted molar refractivity (Wildman–Crippen MR) is 80.3 cm³/mol. The highest BCUT2D eigenvalue weighted by Crippen LogP contribution is 2.21. The van der Waals surface area contributed by atoms with E-state index in [1.807, 2.05) is 6.92 Å². The molecule has 0 aliphatic rings. The Kier molecular flexibility index (Phi) is 4.69. The smallest absolute Gasteiger partial charge is 0.0423 e. The van der Waals surface area contributed by atoms with E-state index in [-0.39, 0.29) is 0 Å². The number of benzene rings is 1. The molecule has 1 atom stereocenters. The van der Waals surface area contributed by atoms with Crippen molar-refractivity contribution in [2.24, 2.45) is 0 Å². The average Bonchev–Trinajstić information content (AvgIpc) is 2.39. The predicted octanol–water partition coefficient (Wildman–Crippen LogP) is 3.59. The van der Waals surface area contributed by atoms with Gasteiger partial charge >= 0.3 is 0 Å². The standard InChI is InChI=1S/C17H22N2/c1-4-18-17(12-15-8-6-5-7-9-15)16-11-10-13(2)19-14(16)3/h5-11,17-18H,4,12H2,1-3H3. The summed E-state index contributed by atoms with van der Waals surface area (Å²) in [7, 11) is 0. The molecule has 1 aromatic heterocycles. The van der Waals surface area contributed by atoms with E-state index in [1.54, 1.807) is 0 Å². The van der Waals surface area contributed by atoms with Crippen molar-refractivity contribution < 1.29 is 0 Å². The Morgan fingerprint density at radius 1 is 1.05 bits per heavy atom. The van der Waals surface area contributed by atoms with Crippen molar-refractivity contribution in [2.45, 2.75) is 33.2 Å². The Morgan fingerprint density at radius 2 is 1.79 bits per heavy atom. The van der Waals surface area contributed by atoms with Gasteiger partial charge in [0.2, 0.25) is 0 Å². The fourth-order valence-corrected chi connectivity index (χ4v) is 2.45. The van der Waals surface area contributed by atoms with Crippen LogP contribution in [0.25, 0.3) is 0 Å². The zero-order chi connectivity index (χ0) is 13.7. The van der Waals surface area contributed by atoms with Crippen molar-refractivity contribution in [3.05, 3.63) is 65.0 Å². The Labute approximate surface area is 115 Å². The van der Waals surface area contributed by atoms with Crippen LogP contribution < -0.4 is 5.32 Å². The van der Waals surface area contributed by atoms with Crippen molar-refractivity contribution in [1.82, 2.24) is 10.3 Å². The number of rotatable bonds is 5. The Balaban J connectivity index is 2.24. The molecule has 2 aromatic rings. The van der Waals surface area contributed by atoms with Crippen LogP contribution in [0, 0.1) is 13.8 Å². The first-order valence-corrected chi connectivity index (χ1v) is 6.92. The minimum Gasteiger partial charge on any atom is -0.310 e. The summed E-state index contributed by atoms with van der Waals surface area (Å²) in [5, 5.41) is 3.57. The minimum absolute atomic E-state index is 0.334. The van der Waals surface area contributed by atoms with E-state index in [0.717, 1.165) is 24.4 Å². The first-order valence-electron chi connectivity index (χ1n) is 6.92. The van der Waals surface area contributed by atoms with Gasteiger partial charge in [-0.15, -0.1) is 0 Å². The van der Waals surface area contributed by atoms with Gasteiger partial charge in [0.25, 0.3) is 0 Å². The van der Waals surface area contributed by atoms with Crippen molar-refractivity contribution >= 4 is 0 Å². The van der Waals surface area contributed by atoms with Gasteiger partial charge in [-0.05, 0) is 44.0 Å². The fraction of sp³-hybridized carbons (Fsp3) is 0.353. The molecule has 0 bridgehead atoms. The van der Waals surface area contributed by atoms with Crippen LogP contribution in [0.15, 0.2) is 42.5 Å². The van der Waals surface area contributed by atoms with Crippen molar-refractivity contribution in [3.63, 3.8) is 0 Å². The molecule has 0 radical (unpaired) electrons. The van der Waals surface area contributed by atoms with Gasteiger partial charge in [-0.2, -0.15) is 0 Å². The topological polar surface area (TPSA) is 24.9 Å². The van der Waals surface area contributed by atoms with Gasteiger partial charge in [-0.3, -0.25) is 4.98 Å². The maximum absolute atomic E-state index is 4.58. The monoisotopic (exact) mass is 254 g/mol. The molecule has 1 heterocycles. The summed E-state index contributed by atoms with van der Waals surface area (Å²) in [5.74, 6) is 0. The van der Waals surface area contributed by atoms with Crippen molar-refractivity contribution in [1.29, 1.82) is 0 Å². The van der Waals surface area contributed by atoms with Crippen molar-refractivity contribution in [2.75, 3.05) is 6.54 Å². The lowest BCUT2D eigenvalue weighted by molar-refractivity contribution is 0.545. The number of nitrogens with zero attached hydrogens (tertiary/aromatic N) is 1. The first kappa shape index (κ1) is 13.8. The molecule has 0 spiro atoms. The van der Waals surface area contributed by atoms with Crippen LogP contribution in [0.3, 0.4) is 0 Å². The zero-order valence-electron chi connectivity index (χ0n) is 12.0. The molecule has 1 aromatic carbocycles. The molecular weight excluding hydrogens is 232 g/mol. The second-order valence-corrected chi connectivity index (χ2v) is 4.93. The van der Waals surface area contributed by atoms with E-state index in [9.17, 15) is 0 Å². The second-order valence-electron chi connectivity index (χ2n) is 4.93. The lowest BCUT2D eigenvalue weighted by atomic mass is 9.97. The molecule has 0 aliphatic heterocycles. The van der Waals surface area contributed by atoms with Crippen LogP contribution in [-0.4, -0.2) is 11.5 Å². The molecule has 0 amide bonds. The third kappa shape index (κ3) is 3.65. The summed E-state index contributed by atoms with van der Waals surface area (Å²) >= 11 is 0. The molecule has 19 heavy (non-hydrogen) atoms. The van der Waals surface area contributed by atoms with Crippen LogP contribution in [0.5, 0.6) is 0 Å². The van der Waals surface area contributed by atoms with Gasteiger partial charge in [-0.25, -0.2) is 0 Å². The molecule has 0 saturated carbocycles. The van der Waals surface area contributed by atoms with E-state index < -0.39 is 0 Å². The lowest BCUT2D eigenvalue weighted by Gasteiger charge is -2.20. The number of likely N-dealkylation sites (N-methyl/N-ethyl adjacent to an activating group) is 1. The molecule has 1 N–H and O–H groups in total. The number of nitrogens with one attached hydrogen (secondary N) is 1. The van der Waals surface area contributed by atoms with Gasteiger partial charge in [0.1, 0.15) is 0 Å². The van der Waals surface area contributed by atoms with Crippen LogP contribution in [0.1, 0.15) is 35.5 Å². The largest absolute Gasteiger partial charge is 0.310 e. The minimum atomic E-state index is 0.334.